The van der Waals surface area contributed by atoms with Crippen molar-refractivity contribution in [1.82, 2.24) is 20.9 Å². The number of nitrogens with zero attached hydrogens (tertiary/aromatic N) is 1. The van der Waals surface area contributed by atoms with Gasteiger partial charge in [0.1, 0.15) is 29.2 Å². The molecule has 0 bridgehead atoms. The van der Waals surface area contributed by atoms with Gasteiger partial charge in [-0.25, -0.2) is 0 Å². The van der Waals surface area contributed by atoms with E-state index in [1.54, 1.807) is 26.2 Å². The van der Waals surface area contributed by atoms with Gasteiger partial charge < -0.3 is 39.7 Å². The van der Waals surface area contributed by atoms with Crippen LogP contribution in [0.2, 0.25) is 0 Å². The highest BCUT2D eigenvalue weighted by atomic mass is 16.6. The number of ether oxygens (including phenoxy) is 4. The number of carbonyl (C=O) groups is 4. The smallest absolute Gasteiger partial charge is 0.243 e. The molecular weight excluding hydrogens is 592 g/mol. The van der Waals surface area contributed by atoms with Gasteiger partial charge in [0.15, 0.2) is 5.78 Å². The van der Waals surface area contributed by atoms with Crippen LogP contribution in [0.15, 0.2) is 54.6 Å². The lowest BCUT2D eigenvalue weighted by molar-refractivity contribution is -0.139. The van der Waals surface area contributed by atoms with Crippen molar-refractivity contribution in [3.05, 3.63) is 65.7 Å². The SMILES string of the molecule is COc1ccc(CC(C=O)(CNC(Cc2ccccc2)C(=O)C2(C)CO2)NC(=O)C(NC(=O)CN2CCOCC2)C2COC2)cc1. The maximum Gasteiger partial charge on any atom is 0.243 e. The third-order valence-electron chi connectivity index (χ3n) is 8.84. The highest BCUT2D eigenvalue weighted by Crippen LogP contribution is 2.29. The Labute approximate surface area is 269 Å². The Morgan fingerprint density at radius 2 is 1.74 bits per heavy atom. The van der Waals surface area contributed by atoms with Crippen LogP contribution in [0, 0.1) is 5.92 Å². The third-order valence-corrected chi connectivity index (χ3v) is 8.84. The molecule has 3 aliphatic heterocycles. The average molecular weight is 637 g/mol. The normalized spacial score (nSPS) is 22.4. The third kappa shape index (κ3) is 8.77. The zero-order valence-corrected chi connectivity index (χ0v) is 26.5. The number of hydrogen-bond acceptors (Lipinski definition) is 10. The van der Waals surface area contributed by atoms with Crippen molar-refractivity contribution >= 4 is 23.9 Å². The number of aldehydes is 1. The summed E-state index contributed by atoms with van der Waals surface area (Å²) in [6, 6.07) is 15.2. The Morgan fingerprint density at radius 3 is 2.33 bits per heavy atom. The molecule has 12 heteroatoms. The van der Waals surface area contributed by atoms with E-state index in [2.05, 4.69) is 16.0 Å². The van der Waals surface area contributed by atoms with Crippen molar-refractivity contribution in [3.63, 3.8) is 0 Å². The van der Waals surface area contributed by atoms with Crippen molar-refractivity contribution in [2.24, 2.45) is 5.92 Å². The molecule has 3 heterocycles. The van der Waals surface area contributed by atoms with E-state index >= 15 is 0 Å². The van der Waals surface area contributed by atoms with Crippen LogP contribution in [-0.2, 0) is 46.2 Å². The van der Waals surface area contributed by atoms with Crippen molar-refractivity contribution < 1.29 is 38.1 Å². The number of methoxy groups -OCH3 is 1. The summed E-state index contributed by atoms with van der Waals surface area (Å²) in [6.07, 6.45) is 1.23. The molecule has 248 valence electrons. The van der Waals surface area contributed by atoms with Gasteiger partial charge in [0, 0.05) is 32.0 Å². The van der Waals surface area contributed by atoms with Gasteiger partial charge in [-0.05, 0) is 36.6 Å². The lowest BCUT2D eigenvalue weighted by Crippen LogP contribution is -2.65. The molecule has 2 aromatic carbocycles. The van der Waals surface area contributed by atoms with E-state index in [1.807, 2.05) is 47.4 Å². The molecule has 4 atom stereocenters. The van der Waals surface area contributed by atoms with Gasteiger partial charge in [-0.2, -0.15) is 0 Å². The van der Waals surface area contributed by atoms with Crippen LogP contribution in [0.5, 0.6) is 5.75 Å². The summed E-state index contributed by atoms with van der Waals surface area (Å²) in [5.74, 6) is -0.487. The predicted octanol–water partition coefficient (Wildman–Crippen LogP) is 0.314. The number of epoxide rings is 1. The number of ketones is 1. The molecule has 0 spiro atoms. The van der Waals surface area contributed by atoms with Crippen LogP contribution in [0.1, 0.15) is 18.1 Å². The van der Waals surface area contributed by atoms with E-state index in [4.69, 9.17) is 18.9 Å². The second kappa shape index (κ2) is 15.3. The Morgan fingerprint density at radius 1 is 1.04 bits per heavy atom. The molecule has 12 nitrogen and oxygen atoms in total. The molecule has 0 aliphatic carbocycles. The molecule has 3 aliphatic rings. The maximum atomic E-state index is 14.0. The maximum absolute atomic E-state index is 14.0. The minimum absolute atomic E-state index is 0.0385. The van der Waals surface area contributed by atoms with Crippen molar-refractivity contribution in [3.8, 4) is 5.75 Å². The molecule has 46 heavy (non-hydrogen) atoms. The van der Waals surface area contributed by atoms with E-state index < -0.39 is 29.1 Å². The van der Waals surface area contributed by atoms with Crippen LogP contribution in [-0.4, -0.2) is 118 Å². The fourth-order valence-corrected chi connectivity index (χ4v) is 5.75. The molecule has 3 N–H and O–H groups in total. The minimum atomic E-state index is -1.45. The Hall–Kier alpha value is -3.68. The van der Waals surface area contributed by atoms with E-state index in [0.717, 1.165) is 11.1 Å². The van der Waals surface area contributed by atoms with Crippen molar-refractivity contribution in [1.29, 1.82) is 0 Å². The van der Waals surface area contributed by atoms with Gasteiger partial charge in [0.05, 0.1) is 52.7 Å². The first kappa shape index (κ1) is 33.7. The minimum Gasteiger partial charge on any atom is -0.497 e. The van der Waals surface area contributed by atoms with Crippen LogP contribution in [0.3, 0.4) is 0 Å². The van der Waals surface area contributed by atoms with Gasteiger partial charge in [0.25, 0.3) is 0 Å². The number of morpholine rings is 1. The van der Waals surface area contributed by atoms with Crippen molar-refractivity contribution in [2.75, 3.05) is 66.3 Å². The molecule has 2 amide bonds. The fraction of sp³-hybridized carbons (Fsp3) is 0.529. The first-order valence-corrected chi connectivity index (χ1v) is 15.8. The van der Waals surface area contributed by atoms with E-state index in [1.165, 1.54) is 0 Å². The number of hydrogen-bond donors (Lipinski definition) is 3. The summed E-state index contributed by atoms with van der Waals surface area (Å²) in [5, 5.41) is 9.19. The molecular formula is C34H44N4O8. The standard InChI is InChI=1S/C34H44N4O8/c1-33(23-46-33)31(41)28(16-24-6-4-3-5-7-24)35-21-34(22-39,17-25-8-10-27(43-2)11-9-25)37-32(42)30(26-19-45-20-26)36-29(40)18-38-12-14-44-15-13-38/h3-11,22,26,28,30,35H,12-21,23H2,1-2H3,(H,36,40)(H,37,42). The summed E-state index contributed by atoms with van der Waals surface area (Å²) in [7, 11) is 1.57. The second-order valence-corrected chi connectivity index (χ2v) is 12.5. The van der Waals surface area contributed by atoms with E-state index in [9.17, 15) is 19.2 Å². The first-order chi connectivity index (χ1) is 22.2. The summed E-state index contributed by atoms with van der Waals surface area (Å²) in [4.78, 5) is 55.7. The topological polar surface area (TPSA) is 148 Å². The van der Waals surface area contributed by atoms with Crippen LogP contribution >= 0.6 is 0 Å². The average Bonchev–Trinajstić information content (AvgIpc) is 3.80. The van der Waals surface area contributed by atoms with Crippen LogP contribution in [0.4, 0.5) is 0 Å². The predicted molar refractivity (Wildman–Crippen MR) is 168 cm³/mol. The summed E-state index contributed by atoms with van der Waals surface area (Å²) < 4.78 is 21.5. The zero-order valence-electron chi connectivity index (χ0n) is 26.5. The number of amides is 2. The van der Waals surface area contributed by atoms with E-state index in [-0.39, 0.29) is 37.1 Å². The Balaban J connectivity index is 1.36. The molecule has 4 unspecified atom stereocenters. The monoisotopic (exact) mass is 636 g/mol. The molecule has 2 aromatic rings. The van der Waals surface area contributed by atoms with Gasteiger partial charge in [-0.3, -0.25) is 19.3 Å². The fourth-order valence-electron chi connectivity index (χ4n) is 5.75. The first-order valence-electron chi connectivity index (χ1n) is 15.8. The van der Waals surface area contributed by atoms with Crippen LogP contribution in [0.25, 0.3) is 0 Å². The lowest BCUT2D eigenvalue weighted by Gasteiger charge is -2.37. The van der Waals surface area contributed by atoms with Gasteiger partial charge in [-0.15, -0.1) is 0 Å². The van der Waals surface area contributed by atoms with Crippen LogP contribution < -0.4 is 20.7 Å². The Kier molecular flexibility index (Phi) is 11.2. The summed E-state index contributed by atoms with van der Waals surface area (Å²) >= 11 is 0. The quantitative estimate of drug-likeness (QED) is 0.164. The number of nitrogens with one attached hydrogen (secondary N) is 3. The highest BCUT2D eigenvalue weighted by molar-refractivity contribution is 5.94. The molecule has 3 saturated heterocycles. The number of rotatable bonds is 17. The van der Waals surface area contributed by atoms with Gasteiger partial charge >= 0.3 is 0 Å². The molecule has 0 saturated carbocycles. The van der Waals surface area contributed by atoms with E-state index in [0.29, 0.717) is 64.6 Å². The molecule has 5 rings (SSSR count). The second-order valence-electron chi connectivity index (χ2n) is 12.5. The molecule has 0 aromatic heterocycles. The lowest BCUT2D eigenvalue weighted by atomic mass is 9.88. The summed E-state index contributed by atoms with van der Waals surface area (Å²) in [5.41, 5.74) is -0.626. The van der Waals surface area contributed by atoms with Gasteiger partial charge in [-0.1, -0.05) is 42.5 Å². The molecule has 0 radical (unpaired) electrons. The molecule has 3 fully saturated rings. The Bertz CT molecular complexity index is 1340. The largest absolute Gasteiger partial charge is 0.497 e. The van der Waals surface area contributed by atoms with Gasteiger partial charge in [0.2, 0.25) is 11.8 Å². The van der Waals surface area contributed by atoms with Crippen molar-refractivity contribution in [2.45, 2.75) is 43.0 Å². The highest BCUT2D eigenvalue weighted by Gasteiger charge is 2.50. The number of carbonyl (C=O) groups excluding carboxylic acids is 4. The number of benzene rings is 2. The number of Topliss-reactive ketones (excluding diaryl/α,β-unsaturated/α-hetero) is 1. The zero-order chi connectivity index (χ0) is 32.6. The summed E-state index contributed by atoms with van der Waals surface area (Å²) in [6.45, 7) is 5.17.